The number of carbonyl (C=O) groups is 1. The average Bonchev–Trinajstić information content (AvgIpc) is 3.36. The number of carbonyl (C=O) groups excluding carboxylic acids is 1. The summed E-state index contributed by atoms with van der Waals surface area (Å²) in [5.74, 6) is -0.160. The van der Waals surface area contributed by atoms with Crippen LogP contribution in [0.2, 0.25) is 0 Å². The number of hydrogen-bond donors (Lipinski definition) is 2. The van der Waals surface area contributed by atoms with Gasteiger partial charge in [0, 0.05) is 6.42 Å². The van der Waals surface area contributed by atoms with Gasteiger partial charge in [-0.1, -0.05) is 308 Å². The van der Waals surface area contributed by atoms with Gasteiger partial charge in [-0.15, -0.1) is 0 Å². The van der Waals surface area contributed by atoms with Crippen LogP contribution in [0.4, 0.5) is 0 Å². The number of phosphoric acid groups is 1. The average molecular weight is 1070 g/mol. The maximum Gasteiger partial charge on any atom is 0.268 e. The molecule has 0 fully saturated rings. The molecule has 2 N–H and O–H groups in total. The van der Waals surface area contributed by atoms with Crippen molar-refractivity contribution in [2.75, 3.05) is 40.9 Å². The molecule has 0 aromatic carbocycles. The number of aliphatic hydroxyl groups excluding tert-OH is 1. The predicted octanol–water partition coefficient (Wildman–Crippen LogP) is 19.7. The molecule has 3 unspecified atom stereocenters. The first-order valence-corrected chi connectivity index (χ1v) is 34.1. The van der Waals surface area contributed by atoms with E-state index in [4.69, 9.17) is 9.05 Å². The van der Waals surface area contributed by atoms with E-state index in [9.17, 15) is 19.4 Å². The van der Waals surface area contributed by atoms with Crippen LogP contribution in [0, 0.1) is 0 Å². The fourth-order valence-corrected chi connectivity index (χ4v) is 10.8. The number of phosphoric ester groups is 1. The van der Waals surface area contributed by atoms with Gasteiger partial charge in [-0.3, -0.25) is 9.36 Å². The van der Waals surface area contributed by atoms with E-state index in [0.717, 1.165) is 44.9 Å². The summed E-state index contributed by atoms with van der Waals surface area (Å²) < 4.78 is 23.4. The van der Waals surface area contributed by atoms with Gasteiger partial charge in [0.2, 0.25) is 5.91 Å². The van der Waals surface area contributed by atoms with E-state index >= 15 is 0 Å². The molecule has 0 aliphatic rings. The molecule has 0 radical (unpaired) electrons. The number of allylic oxidation sites excluding steroid dienone is 4. The molecule has 440 valence electrons. The molecule has 8 nitrogen and oxygen atoms in total. The lowest BCUT2D eigenvalue weighted by atomic mass is 10.0. The number of nitrogens with zero attached hydrogens (tertiary/aromatic N) is 1. The fraction of sp³-hybridized carbons (Fsp3) is 0.923. The van der Waals surface area contributed by atoms with Crippen LogP contribution in [0.3, 0.4) is 0 Å². The molecule has 74 heavy (non-hydrogen) atoms. The molecule has 0 spiro atoms. The van der Waals surface area contributed by atoms with Crippen LogP contribution in [0.1, 0.15) is 335 Å². The number of likely N-dealkylation sites (N-methyl/N-ethyl adjacent to an activating group) is 1. The Morgan fingerprint density at radius 2 is 0.784 bits per heavy atom. The third-order valence-electron chi connectivity index (χ3n) is 15.2. The molecule has 0 aromatic heterocycles. The normalized spacial score (nSPS) is 13.9. The van der Waals surface area contributed by atoms with Gasteiger partial charge in [-0.2, -0.15) is 0 Å². The summed E-state index contributed by atoms with van der Waals surface area (Å²) in [5, 5.41) is 14.0. The van der Waals surface area contributed by atoms with Crippen LogP contribution < -0.4 is 10.2 Å². The van der Waals surface area contributed by atoms with Crippen molar-refractivity contribution in [1.29, 1.82) is 0 Å². The van der Waals surface area contributed by atoms with E-state index < -0.39 is 20.0 Å². The molecule has 0 saturated carbocycles. The van der Waals surface area contributed by atoms with Crippen molar-refractivity contribution in [3.05, 3.63) is 24.3 Å². The Labute approximate surface area is 462 Å². The van der Waals surface area contributed by atoms with E-state index in [-0.39, 0.29) is 19.1 Å². The Kier molecular flexibility index (Phi) is 55.9. The van der Waals surface area contributed by atoms with E-state index in [0.29, 0.717) is 23.9 Å². The summed E-state index contributed by atoms with van der Waals surface area (Å²) in [6.45, 7) is 4.76. The monoisotopic (exact) mass is 1060 g/mol. The molecule has 0 aromatic rings. The SMILES string of the molecule is CCCCCCCCCCCCCCCCC/C=C\C/C=C\CCCCCCCCCCCCCCCCCCCC(=O)NC(COP(=O)([O-])OCC[N+](C)(C)C)C(O)CCCCCCCCCCCCCCC. The highest BCUT2D eigenvalue weighted by Gasteiger charge is 2.24. The zero-order chi connectivity index (χ0) is 54.2. The topological polar surface area (TPSA) is 108 Å². The van der Waals surface area contributed by atoms with Gasteiger partial charge in [0.25, 0.3) is 7.82 Å². The van der Waals surface area contributed by atoms with Crippen LogP contribution in [-0.4, -0.2) is 68.5 Å². The second-order valence-corrected chi connectivity index (χ2v) is 25.2. The van der Waals surface area contributed by atoms with Gasteiger partial charge in [0.15, 0.2) is 0 Å². The van der Waals surface area contributed by atoms with Gasteiger partial charge in [0.1, 0.15) is 13.2 Å². The van der Waals surface area contributed by atoms with Crippen LogP contribution in [0.5, 0.6) is 0 Å². The summed E-state index contributed by atoms with van der Waals surface area (Å²) >= 11 is 0. The minimum absolute atomic E-state index is 0.0142. The van der Waals surface area contributed by atoms with Crippen LogP contribution in [0.25, 0.3) is 0 Å². The van der Waals surface area contributed by atoms with Gasteiger partial charge >= 0.3 is 0 Å². The van der Waals surface area contributed by atoms with Crippen molar-refractivity contribution in [3.63, 3.8) is 0 Å². The van der Waals surface area contributed by atoms with Gasteiger partial charge in [-0.05, 0) is 44.9 Å². The fourth-order valence-electron chi connectivity index (χ4n) is 10.1. The number of unbranched alkanes of at least 4 members (excludes halogenated alkanes) is 44. The largest absolute Gasteiger partial charge is 0.756 e. The molecule has 0 bridgehead atoms. The number of rotatable bonds is 61. The summed E-state index contributed by atoms with van der Waals surface area (Å²) in [5.41, 5.74) is 0. The molecule has 1 amide bonds. The summed E-state index contributed by atoms with van der Waals surface area (Å²) in [6, 6.07) is -0.798. The number of aliphatic hydroxyl groups is 1. The highest BCUT2D eigenvalue weighted by atomic mass is 31.2. The second kappa shape index (κ2) is 56.7. The number of hydrogen-bond acceptors (Lipinski definition) is 6. The highest BCUT2D eigenvalue weighted by molar-refractivity contribution is 7.45. The van der Waals surface area contributed by atoms with Gasteiger partial charge in [0.05, 0.1) is 39.9 Å². The second-order valence-electron chi connectivity index (χ2n) is 23.8. The molecular formula is C65H129N2O6P. The van der Waals surface area contributed by atoms with Crippen molar-refractivity contribution < 1.29 is 32.9 Å². The zero-order valence-corrected chi connectivity index (χ0v) is 51.2. The molecule has 9 heteroatoms. The quantitative estimate of drug-likeness (QED) is 0.0272. The summed E-state index contributed by atoms with van der Waals surface area (Å²) in [4.78, 5) is 25.5. The minimum atomic E-state index is -4.57. The summed E-state index contributed by atoms with van der Waals surface area (Å²) in [7, 11) is 1.32. The van der Waals surface area contributed by atoms with Crippen molar-refractivity contribution in [1.82, 2.24) is 5.32 Å². The Bertz CT molecular complexity index is 1260. The number of quaternary nitrogens is 1. The van der Waals surface area contributed by atoms with E-state index in [2.05, 4.69) is 43.5 Å². The summed E-state index contributed by atoms with van der Waals surface area (Å²) in [6.07, 6.45) is 72.6. The first-order chi connectivity index (χ1) is 36.0. The Balaban J connectivity index is 3.86. The zero-order valence-electron chi connectivity index (χ0n) is 50.3. The lowest BCUT2D eigenvalue weighted by Gasteiger charge is -2.30. The van der Waals surface area contributed by atoms with Gasteiger partial charge in [-0.25, -0.2) is 0 Å². The Morgan fingerprint density at radius 3 is 1.12 bits per heavy atom. The van der Waals surface area contributed by atoms with E-state index in [1.54, 1.807) is 0 Å². The molecular weight excluding hydrogens is 936 g/mol. The lowest BCUT2D eigenvalue weighted by Crippen LogP contribution is -2.46. The smallest absolute Gasteiger partial charge is 0.268 e. The van der Waals surface area contributed by atoms with Crippen LogP contribution >= 0.6 is 7.82 Å². The molecule has 0 aliphatic carbocycles. The molecule has 0 heterocycles. The number of nitrogens with one attached hydrogen (secondary N) is 1. The van der Waals surface area contributed by atoms with Gasteiger partial charge < -0.3 is 28.8 Å². The maximum absolute atomic E-state index is 13.0. The van der Waals surface area contributed by atoms with Crippen LogP contribution in [-0.2, 0) is 18.4 Å². The van der Waals surface area contributed by atoms with Crippen molar-refractivity contribution >= 4 is 13.7 Å². The van der Waals surface area contributed by atoms with E-state index in [1.165, 1.54) is 263 Å². The Morgan fingerprint density at radius 1 is 0.473 bits per heavy atom. The van der Waals surface area contributed by atoms with Crippen LogP contribution in [0.15, 0.2) is 24.3 Å². The number of amides is 1. The molecule has 0 rings (SSSR count). The predicted molar refractivity (Wildman–Crippen MR) is 321 cm³/mol. The third kappa shape index (κ3) is 58.7. The highest BCUT2D eigenvalue weighted by Crippen LogP contribution is 2.38. The molecule has 0 aliphatic heterocycles. The van der Waals surface area contributed by atoms with Crippen molar-refractivity contribution in [2.45, 2.75) is 347 Å². The van der Waals surface area contributed by atoms with Crippen molar-refractivity contribution in [3.8, 4) is 0 Å². The Hall–Kier alpha value is -1.02. The maximum atomic E-state index is 13.0. The molecule has 0 saturated heterocycles. The first kappa shape index (κ1) is 73.0. The first-order valence-electron chi connectivity index (χ1n) is 32.7. The van der Waals surface area contributed by atoms with Crippen molar-refractivity contribution in [2.24, 2.45) is 0 Å². The third-order valence-corrected chi connectivity index (χ3v) is 16.2. The standard InChI is InChI=1S/C65H129N2O6P/c1-6-8-10-12-14-16-18-20-21-22-23-24-25-26-27-28-29-30-31-32-33-34-35-36-37-38-39-40-41-42-43-44-45-47-49-51-53-55-57-59-65(69)66-63(62-73-74(70,71)72-61-60-67(3,4)5)64(68)58-56-54-52-50-48-46-19-17-15-13-11-9-7-2/h29-30,32-33,63-64,68H,6-28,31,34-62H2,1-5H3,(H-,66,69,70,71)/b30-29-,33-32-. The lowest BCUT2D eigenvalue weighted by molar-refractivity contribution is -0.870. The molecule has 3 atom stereocenters. The van der Waals surface area contributed by atoms with E-state index in [1.807, 2.05) is 21.1 Å². The minimum Gasteiger partial charge on any atom is -0.756 e.